The van der Waals surface area contributed by atoms with Crippen LogP contribution in [0.15, 0.2) is 102 Å². The molecule has 0 bridgehead atoms. The fourth-order valence-corrected chi connectivity index (χ4v) is 3.93. The van der Waals surface area contributed by atoms with Crippen molar-refractivity contribution in [2.45, 2.75) is 0 Å². The van der Waals surface area contributed by atoms with E-state index in [1.165, 1.54) is 6.07 Å². The van der Waals surface area contributed by atoms with Gasteiger partial charge in [0.05, 0.1) is 11.0 Å². The van der Waals surface area contributed by atoms with Gasteiger partial charge in [0, 0.05) is 53.1 Å². The van der Waals surface area contributed by atoms with Gasteiger partial charge in [0.1, 0.15) is 5.82 Å². The van der Waals surface area contributed by atoms with Gasteiger partial charge in [-0.25, -0.2) is 9.97 Å². The summed E-state index contributed by atoms with van der Waals surface area (Å²) in [4.78, 5) is 32.8. The van der Waals surface area contributed by atoms with Gasteiger partial charge >= 0.3 is 0 Å². The van der Waals surface area contributed by atoms with Crippen molar-refractivity contribution >= 4 is 33.3 Å². The third kappa shape index (κ3) is 3.75. The number of nitrogens with zero attached hydrogens (tertiary/aromatic N) is 4. The monoisotopic (exact) mass is 442 g/mol. The standard InChI is InChI=1S/C27H18N6O/c34-25-10-7-17-5-8-21(14-24(17)31-25)30-27-22-13-18(19-3-1-11-28-15-19)6-9-23(22)32-26(33-27)20-4-2-12-29-16-20/h1-16H,(H,31,34)(H,30,32,33). The highest BCUT2D eigenvalue weighted by Gasteiger charge is 2.12. The predicted molar refractivity (Wildman–Crippen MR) is 134 cm³/mol. The van der Waals surface area contributed by atoms with E-state index in [1.54, 1.807) is 24.7 Å². The highest BCUT2D eigenvalue weighted by Crippen LogP contribution is 2.31. The lowest BCUT2D eigenvalue weighted by Gasteiger charge is -2.13. The Hall–Kier alpha value is -4.91. The average Bonchev–Trinajstić information content (AvgIpc) is 2.89. The molecule has 0 saturated heterocycles. The molecule has 34 heavy (non-hydrogen) atoms. The fraction of sp³-hybridized carbons (Fsp3) is 0. The topological polar surface area (TPSA) is 96.5 Å². The third-order valence-corrected chi connectivity index (χ3v) is 5.60. The molecule has 0 saturated carbocycles. The first-order valence-electron chi connectivity index (χ1n) is 10.8. The van der Waals surface area contributed by atoms with Crippen molar-refractivity contribution in [2.75, 3.05) is 5.32 Å². The normalized spacial score (nSPS) is 11.1. The maximum atomic E-state index is 11.8. The predicted octanol–water partition coefficient (Wildman–Crippen LogP) is 5.34. The Morgan fingerprint density at radius 3 is 2.32 bits per heavy atom. The maximum absolute atomic E-state index is 11.8. The third-order valence-electron chi connectivity index (χ3n) is 5.60. The molecule has 0 atom stereocenters. The quantitative estimate of drug-likeness (QED) is 0.383. The van der Waals surface area contributed by atoms with Crippen LogP contribution in [0.2, 0.25) is 0 Å². The molecule has 0 aliphatic rings. The van der Waals surface area contributed by atoms with E-state index in [-0.39, 0.29) is 5.56 Å². The minimum absolute atomic E-state index is 0.142. The first kappa shape index (κ1) is 19.8. The summed E-state index contributed by atoms with van der Waals surface area (Å²) in [5.41, 5.74) is 5.07. The molecule has 0 aliphatic carbocycles. The molecule has 0 radical (unpaired) electrons. The molecule has 162 valence electrons. The van der Waals surface area contributed by atoms with Crippen LogP contribution in [0.5, 0.6) is 0 Å². The molecule has 2 N–H and O–H groups in total. The zero-order chi connectivity index (χ0) is 22.9. The van der Waals surface area contributed by atoms with Crippen molar-refractivity contribution in [1.29, 1.82) is 0 Å². The van der Waals surface area contributed by atoms with E-state index in [9.17, 15) is 4.79 Å². The number of hydrogen-bond acceptors (Lipinski definition) is 6. The molecule has 0 unspecified atom stereocenters. The van der Waals surface area contributed by atoms with Crippen molar-refractivity contribution < 1.29 is 0 Å². The molecular weight excluding hydrogens is 424 g/mol. The van der Waals surface area contributed by atoms with Crippen molar-refractivity contribution in [3.63, 3.8) is 0 Å². The van der Waals surface area contributed by atoms with Gasteiger partial charge in [0.25, 0.3) is 0 Å². The molecule has 7 nitrogen and oxygen atoms in total. The second-order valence-electron chi connectivity index (χ2n) is 7.86. The zero-order valence-corrected chi connectivity index (χ0v) is 17.9. The van der Waals surface area contributed by atoms with Gasteiger partial charge < -0.3 is 10.3 Å². The molecular formula is C27H18N6O. The molecule has 0 fully saturated rings. The van der Waals surface area contributed by atoms with Crippen LogP contribution in [0.1, 0.15) is 0 Å². The number of hydrogen-bond donors (Lipinski definition) is 2. The fourth-order valence-electron chi connectivity index (χ4n) is 3.93. The number of fused-ring (bicyclic) bond motifs is 2. The SMILES string of the molecule is O=c1ccc2ccc(Nc3nc(-c4cccnc4)nc4ccc(-c5cccnc5)cc34)cc2[nH]1. The lowest BCUT2D eigenvalue weighted by atomic mass is 10.0. The van der Waals surface area contributed by atoms with Crippen LogP contribution in [0.3, 0.4) is 0 Å². The highest BCUT2D eigenvalue weighted by molar-refractivity contribution is 5.96. The molecule has 2 aromatic carbocycles. The van der Waals surface area contributed by atoms with Gasteiger partial charge in [-0.3, -0.25) is 14.8 Å². The second kappa shape index (κ2) is 8.22. The number of pyridine rings is 3. The lowest BCUT2D eigenvalue weighted by molar-refractivity contribution is 1.20. The highest BCUT2D eigenvalue weighted by atomic mass is 16.1. The molecule has 4 aromatic heterocycles. The summed E-state index contributed by atoms with van der Waals surface area (Å²) in [7, 11) is 0. The van der Waals surface area contributed by atoms with Gasteiger partial charge in [0.15, 0.2) is 5.82 Å². The van der Waals surface area contributed by atoms with Gasteiger partial charge in [-0.15, -0.1) is 0 Å². The number of anilines is 2. The Morgan fingerprint density at radius 1 is 0.735 bits per heavy atom. The van der Waals surface area contributed by atoms with E-state index >= 15 is 0 Å². The van der Waals surface area contributed by atoms with Crippen LogP contribution in [0.25, 0.3) is 44.3 Å². The summed E-state index contributed by atoms with van der Waals surface area (Å²) in [6.07, 6.45) is 7.05. The first-order valence-corrected chi connectivity index (χ1v) is 10.8. The Labute approximate surface area is 194 Å². The van der Waals surface area contributed by atoms with Gasteiger partial charge in [-0.1, -0.05) is 18.2 Å². The molecule has 6 aromatic rings. The maximum Gasteiger partial charge on any atom is 0.248 e. The summed E-state index contributed by atoms with van der Waals surface area (Å²) in [5, 5.41) is 5.26. The van der Waals surface area contributed by atoms with Crippen molar-refractivity contribution in [2.24, 2.45) is 0 Å². The van der Waals surface area contributed by atoms with E-state index in [4.69, 9.17) is 9.97 Å². The minimum Gasteiger partial charge on any atom is -0.340 e. The van der Waals surface area contributed by atoms with E-state index < -0.39 is 0 Å². The van der Waals surface area contributed by atoms with Gasteiger partial charge in [-0.2, -0.15) is 0 Å². The Kier molecular flexibility index (Phi) is 4.77. The van der Waals surface area contributed by atoms with E-state index in [1.807, 2.05) is 60.8 Å². The van der Waals surface area contributed by atoms with Gasteiger partial charge in [0.2, 0.25) is 5.56 Å². The first-order chi connectivity index (χ1) is 16.7. The molecule has 6 rings (SSSR count). The Bertz CT molecular complexity index is 1700. The Balaban J connectivity index is 1.52. The van der Waals surface area contributed by atoms with Crippen LogP contribution in [-0.2, 0) is 0 Å². The van der Waals surface area contributed by atoms with Crippen molar-refractivity contribution in [3.05, 3.63) is 108 Å². The molecule has 0 aliphatic heterocycles. The summed E-state index contributed by atoms with van der Waals surface area (Å²) < 4.78 is 0. The zero-order valence-electron chi connectivity index (χ0n) is 17.9. The van der Waals surface area contributed by atoms with E-state index in [0.717, 1.165) is 44.2 Å². The summed E-state index contributed by atoms with van der Waals surface area (Å²) in [6, 6.07) is 23.0. The molecule has 4 heterocycles. The van der Waals surface area contributed by atoms with E-state index in [0.29, 0.717) is 11.6 Å². The molecule has 7 heteroatoms. The van der Waals surface area contributed by atoms with Crippen LogP contribution in [0, 0.1) is 0 Å². The molecule has 0 amide bonds. The smallest absolute Gasteiger partial charge is 0.248 e. The number of rotatable bonds is 4. The number of aromatic nitrogens is 5. The van der Waals surface area contributed by atoms with Gasteiger partial charge in [-0.05, 0) is 59.5 Å². The average molecular weight is 442 g/mol. The van der Waals surface area contributed by atoms with Crippen LogP contribution < -0.4 is 10.9 Å². The largest absolute Gasteiger partial charge is 0.340 e. The van der Waals surface area contributed by atoms with Crippen molar-refractivity contribution in [1.82, 2.24) is 24.9 Å². The summed E-state index contributed by atoms with van der Waals surface area (Å²) in [6.45, 7) is 0. The minimum atomic E-state index is -0.142. The van der Waals surface area contributed by atoms with Crippen LogP contribution in [0.4, 0.5) is 11.5 Å². The summed E-state index contributed by atoms with van der Waals surface area (Å²) in [5.74, 6) is 1.23. The number of H-pyrrole nitrogens is 1. The number of nitrogens with one attached hydrogen (secondary N) is 2. The van der Waals surface area contributed by atoms with Crippen LogP contribution in [-0.4, -0.2) is 24.9 Å². The second-order valence-corrected chi connectivity index (χ2v) is 7.86. The lowest BCUT2D eigenvalue weighted by Crippen LogP contribution is -2.03. The van der Waals surface area contributed by atoms with E-state index in [2.05, 4.69) is 26.3 Å². The molecule has 0 spiro atoms. The van der Waals surface area contributed by atoms with Crippen molar-refractivity contribution in [3.8, 4) is 22.5 Å². The van der Waals surface area contributed by atoms with Crippen LogP contribution >= 0.6 is 0 Å². The Morgan fingerprint density at radius 2 is 1.53 bits per heavy atom. The number of benzene rings is 2. The summed E-state index contributed by atoms with van der Waals surface area (Å²) >= 11 is 0. The number of aromatic amines is 1.